The number of carbonyl (C=O) groups excluding carboxylic acids is 1. The van der Waals surface area contributed by atoms with Gasteiger partial charge in [0.05, 0.1) is 6.10 Å². The second kappa shape index (κ2) is 17.2. The van der Waals surface area contributed by atoms with E-state index in [1.807, 2.05) is 25.3 Å². The largest absolute Gasteiger partial charge is 0.483 e. The number of benzene rings is 1. The van der Waals surface area contributed by atoms with Crippen LogP contribution in [-0.4, -0.2) is 43.8 Å². The summed E-state index contributed by atoms with van der Waals surface area (Å²) in [5.74, 6) is 0.630. The molecular weight excluding hydrogens is 356 g/mol. The van der Waals surface area contributed by atoms with Crippen molar-refractivity contribution < 1.29 is 19.4 Å². The van der Waals surface area contributed by atoms with Gasteiger partial charge in [-0.05, 0) is 44.1 Å². The van der Waals surface area contributed by atoms with Crippen LogP contribution in [0, 0.1) is 18.3 Å². The highest BCUT2D eigenvalue weighted by Gasteiger charge is 2.31. The van der Waals surface area contributed by atoms with Crippen molar-refractivity contribution in [2.75, 3.05) is 13.7 Å². The summed E-state index contributed by atoms with van der Waals surface area (Å²) in [7, 11) is 1.85. The van der Waals surface area contributed by atoms with Crippen LogP contribution in [-0.2, 0) is 14.3 Å². The van der Waals surface area contributed by atoms with Crippen molar-refractivity contribution in [3.63, 3.8) is 0 Å². The molecule has 6 nitrogen and oxygen atoms in total. The summed E-state index contributed by atoms with van der Waals surface area (Å²) < 4.78 is 5.68. The first-order chi connectivity index (χ1) is 13.2. The third-order valence-corrected chi connectivity index (χ3v) is 4.20. The topological polar surface area (TPSA) is 102 Å². The van der Waals surface area contributed by atoms with Crippen LogP contribution < -0.4 is 11.1 Å². The van der Waals surface area contributed by atoms with Gasteiger partial charge in [0.15, 0.2) is 0 Å². The number of rotatable bonds is 4. The van der Waals surface area contributed by atoms with Crippen LogP contribution in [0.1, 0.15) is 52.5 Å². The molecule has 0 saturated carbocycles. The molecule has 162 valence electrons. The molecule has 6 heteroatoms. The van der Waals surface area contributed by atoms with E-state index in [2.05, 4.69) is 57.8 Å². The predicted octanol–water partition coefficient (Wildman–Crippen LogP) is 3.62. The molecule has 0 spiro atoms. The van der Waals surface area contributed by atoms with Gasteiger partial charge in [-0.25, -0.2) is 0 Å². The minimum absolute atomic E-state index is 0.250. The molecule has 1 aromatic carbocycles. The van der Waals surface area contributed by atoms with Crippen molar-refractivity contribution in [3.05, 3.63) is 35.9 Å². The minimum Gasteiger partial charge on any atom is -0.483 e. The van der Waals surface area contributed by atoms with Gasteiger partial charge in [-0.2, -0.15) is 0 Å². The van der Waals surface area contributed by atoms with Crippen LogP contribution in [0.5, 0.6) is 0 Å². The van der Waals surface area contributed by atoms with Crippen LogP contribution in [0.4, 0.5) is 0 Å². The first-order valence-corrected chi connectivity index (χ1v) is 9.67. The Labute approximate surface area is 170 Å². The number of primary amides is 1. The maximum atomic E-state index is 8.58. The average molecular weight is 397 g/mol. The van der Waals surface area contributed by atoms with Crippen molar-refractivity contribution in [1.82, 2.24) is 5.32 Å². The molecule has 1 amide bonds. The van der Waals surface area contributed by atoms with E-state index in [4.69, 9.17) is 19.4 Å². The smallest absolute Gasteiger partial charge is 0.290 e. The number of methoxy groups -OCH3 is 1. The van der Waals surface area contributed by atoms with Crippen LogP contribution in [0.25, 0.3) is 0 Å². The number of ether oxygens (including phenoxy) is 1. The number of amides is 1. The van der Waals surface area contributed by atoms with Crippen LogP contribution >= 0.6 is 0 Å². The standard InChI is InChI=1S/C13H27NO.C7H8.CH3NO.CH2O2/c1-10(9-13(2,3)4)12(15-5)11-7-6-8-14-11;1-7-5-3-2-4-6-7;2*2-1-3/h10-12,14H,6-9H2,1-5H3;2-6H,1H3;1H,(H2,2,3);1H,(H,2,3). The van der Waals surface area contributed by atoms with Gasteiger partial charge in [-0.1, -0.05) is 63.6 Å². The fourth-order valence-electron chi connectivity index (χ4n) is 3.40. The number of carboxylic acid groups (broad SMARTS) is 1. The van der Waals surface area contributed by atoms with Gasteiger partial charge < -0.3 is 20.9 Å². The maximum Gasteiger partial charge on any atom is 0.290 e. The molecule has 0 aromatic heterocycles. The highest BCUT2D eigenvalue weighted by molar-refractivity contribution is 5.42. The Kier molecular flexibility index (Phi) is 17.4. The molecule has 1 aromatic rings. The first-order valence-electron chi connectivity index (χ1n) is 9.67. The summed E-state index contributed by atoms with van der Waals surface area (Å²) in [6.45, 7) is 12.2. The molecule has 2 rings (SSSR count). The Morgan fingerprint density at radius 2 is 1.79 bits per heavy atom. The molecule has 3 unspecified atom stereocenters. The normalized spacial score (nSPS) is 17.3. The Morgan fingerprint density at radius 1 is 1.29 bits per heavy atom. The Hall–Kier alpha value is -1.92. The van der Waals surface area contributed by atoms with E-state index in [1.54, 1.807) is 0 Å². The first kappa shape index (κ1) is 28.3. The Balaban J connectivity index is 0. The van der Waals surface area contributed by atoms with Crippen molar-refractivity contribution in [2.45, 2.75) is 66.0 Å². The average Bonchev–Trinajstić information content (AvgIpc) is 3.11. The molecule has 1 aliphatic rings. The summed E-state index contributed by atoms with van der Waals surface area (Å²) in [6, 6.07) is 10.8. The number of nitrogens with one attached hydrogen (secondary N) is 1. The third kappa shape index (κ3) is 16.3. The molecule has 28 heavy (non-hydrogen) atoms. The zero-order valence-corrected chi connectivity index (χ0v) is 18.4. The fraction of sp³-hybridized carbons (Fsp3) is 0.636. The Morgan fingerprint density at radius 3 is 2.07 bits per heavy atom. The maximum absolute atomic E-state index is 8.58. The molecule has 4 N–H and O–H groups in total. The monoisotopic (exact) mass is 396 g/mol. The van der Waals surface area contributed by atoms with Crippen LogP contribution in [0.15, 0.2) is 30.3 Å². The molecule has 1 aliphatic heterocycles. The van der Waals surface area contributed by atoms with E-state index in [0.29, 0.717) is 23.5 Å². The van der Waals surface area contributed by atoms with Gasteiger partial charge >= 0.3 is 0 Å². The zero-order chi connectivity index (χ0) is 22.0. The SMILES string of the molecule is COC(C(C)CC(C)(C)C)C1CCCN1.Cc1ccccc1.NC=O.O=CO. The second-order valence-corrected chi connectivity index (χ2v) is 8.04. The van der Waals surface area contributed by atoms with E-state index < -0.39 is 0 Å². The summed E-state index contributed by atoms with van der Waals surface area (Å²) >= 11 is 0. The zero-order valence-electron chi connectivity index (χ0n) is 18.4. The highest BCUT2D eigenvalue weighted by Crippen LogP contribution is 2.29. The van der Waals surface area contributed by atoms with E-state index in [1.165, 1.54) is 24.8 Å². The lowest BCUT2D eigenvalue weighted by Gasteiger charge is -2.32. The third-order valence-electron chi connectivity index (χ3n) is 4.20. The fourth-order valence-corrected chi connectivity index (χ4v) is 3.40. The molecule has 0 radical (unpaired) electrons. The Bertz CT molecular complexity index is 477. The number of nitrogens with two attached hydrogens (primary N) is 1. The minimum atomic E-state index is -0.250. The molecule has 1 fully saturated rings. The molecule has 0 aliphatic carbocycles. The lowest BCUT2D eigenvalue weighted by Crippen LogP contribution is -2.41. The lowest BCUT2D eigenvalue weighted by atomic mass is 9.81. The van der Waals surface area contributed by atoms with Crippen LogP contribution in [0.2, 0.25) is 0 Å². The van der Waals surface area contributed by atoms with E-state index in [0.717, 1.165) is 6.54 Å². The van der Waals surface area contributed by atoms with Crippen LogP contribution in [0.3, 0.4) is 0 Å². The molecule has 1 heterocycles. The van der Waals surface area contributed by atoms with E-state index in [9.17, 15) is 0 Å². The van der Waals surface area contributed by atoms with Crippen molar-refractivity contribution in [1.29, 1.82) is 0 Å². The predicted molar refractivity (Wildman–Crippen MR) is 115 cm³/mol. The van der Waals surface area contributed by atoms with Gasteiger partial charge in [-0.3, -0.25) is 9.59 Å². The van der Waals surface area contributed by atoms with Gasteiger partial charge in [0.2, 0.25) is 6.41 Å². The van der Waals surface area contributed by atoms with E-state index >= 15 is 0 Å². The number of hydrogen-bond acceptors (Lipinski definition) is 4. The second-order valence-electron chi connectivity index (χ2n) is 8.04. The molecule has 1 saturated heterocycles. The molecule has 3 atom stereocenters. The van der Waals surface area contributed by atoms with Crippen molar-refractivity contribution >= 4 is 12.9 Å². The number of aryl methyl sites for hydroxylation is 1. The van der Waals surface area contributed by atoms with Gasteiger partial charge in [0, 0.05) is 13.2 Å². The van der Waals surface area contributed by atoms with Crippen molar-refractivity contribution in [2.24, 2.45) is 17.1 Å². The molecular formula is C22H40N2O4. The number of carbonyl (C=O) groups is 2. The summed E-state index contributed by atoms with van der Waals surface area (Å²) in [4.78, 5) is 16.9. The summed E-state index contributed by atoms with van der Waals surface area (Å²) in [6.07, 6.45) is 4.43. The lowest BCUT2D eigenvalue weighted by molar-refractivity contribution is -0.122. The summed E-state index contributed by atoms with van der Waals surface area (Å²) in [5.41, 5.74) is 5.89. The number of hydrogen-bond donors (Lipinski definition) is 3. The van der Waals surface area contributed by atoms with E-state index in [-0.39, 0.29) is 12.9 Å². The quantitative estimate of drug-likeness (QED) is 0.675. The highest BCUT2D eigenvalue weighted by atomic mass is 16.5. The van der Waals surface area contributed by atoms with Gasteiger partial charge in [0.25, 0.3) is 6.47 Å². The molecule has 0 bridgehead atoms. The summed E-state index contributed by atoms with van der Waals surface area (Å²) in [5, 5.41) is 10.4. The van der Waals surface area contributed by atoms with Gasteiger partial charge in [-0.15, -0.1) is 0 Å². The van der Waals surface area contributed by atoms with Crippen molar-refractivity contribution in [3.8, 4) is 0 Å². The van der Waals surface area contributed by atoms with Gasteiger partial charge in [0.1, 0.15) is 0 Å².